The number of halogens is 3. The number of nitrogens with two attached hydrogens (primary N) is 1. The highest BCUT2D eigenvalue weighted by atomic mass is 19.4. The minimum Gasteiger partial charge on any atom is -0.379 e. The lowest BCUT2D eigenvalue weighted by atomic mass is 9.88. The van der Waals surface area contributed by atoms with E-state index in [1.807, 2.05) is 0 Å². The van der Waals surface area contributed by atoms with Crippen LogP contribution in [0, 0.1) is 0 Å². The average molecular weight is 199 g/mol. The van der Waals surface area contributed by atoms with Gasteiger partial charge in [-0.3, -0.25) is 0 Å². The lowest BCUT2D eigenvalue weighted by Crippen LogP contribution is -2.65. The predicted molar refractivity (Wildman–Crippen MR) is 39.2 cm³/mol. The molecule has 2 unspecified atom stereocenters. The van der Waals surface area contributed by atoms with E-state index in [-0.39, 0.29) is 19.6 Å². The number of alkyl halides is 3. The molecule has 78 valence electrons. The number of hydrogen-bond donors (Lipinski definition) is 1. The summed E-state index contributed by atoms with van der Waals surface area (Å²) in [6, 6.07) is 0. The van der Waals surface area contributed by atoms with Gasteiger partial charge in [-0.05, 0) is 0 Å². The van der Waals surface area contributed by atoms with Crippen molar-refractivity contribution in [3.63, 3.8) is 0 Å². The first kappa shape index (κ1) is 10.7. The van der Waals surface area contributed by atoms with Crippen LogP contribution >= 0.6 is 0 Å². The summed E-state index contributed by atoms with van der Waals surface area (Å²) in [5, 5.41) is 0. The van der Waals surface area contributed by atoms with E-state index in [0.29, 0.717) is 0 Å². The Kier molecular flexibility index (Phi) is 2.84. The van der Waals surface area contributed by atoms with Crippen LogP contribution in [-0.4, -0.2) is 38.1 Å². The second kappa shape index (κ2) is 3.43. The van der Waals surface area contributed by atoms with Gasteiger partial charge >= 0.3 is 6.18 Å². The molecule has 0 amide bonds. The fraction of sp³-hybridized carbons (Fsp3) is 1.00. The Morgan fingerprint density at radius 3 is 2.54 bits per heavy atom. The van der Waals surface area contributed by atoms with Crippen LogP contribution in [-0.2, 0) is 9.47 Å². The smallest absolute Gasteiger partial charge is 0.379 e. The summed E-state index contributed by atoms with van der Waals surface area (Å²) < 4.78 is 47.0. The molecule has 0 aliphatic carbocycles. The van der Waals surface area contributed by atoms with Gasteiger partial charge in [-0.2, -0.15) is 13.2 Å². The zero-order chi connectivity index (χ0) is 10.1. The van der Waals surface area contributed by atoms with Crippen LogP contribution in [0.25, 0.3) is 0 Å². The van der Waals surface area contributed by atoms with Gasteiger partial charge in [0.2, 0.25) is 0 Å². The second-order valence-corrected chi connectivity index (χ2v) is 3.09. The minimum absolute atomic E-state index is 0.0237. The van der Waals surface area contributed by atoms with Crippen LogP contribution in [0.5, 0.6) is 0 Å². The molecule has 1 heterocycles. The van der Waals surface area contributed by atoms with Gasteiger partial charge in [-0.1, -0.05) is 0 Å². The van der Waals surface area contributed by atoms with E-state index in [9.17, 15) is 13.2 Å². The molecule has 0 spiro atoms. The van der Waals surface area contributed by atoms with Crippen LogP contribution in [0.15, 0.2) is 0 Å². The summed E-state index contributed by atoms with van der Waals surface area (Å²) in [6.07, 6.45) is -5.81. The topological polar surface area (TPSA) is 44.5 Å². The molecule has 3 nitrogen and oxygen atoms in total. The van der Waals surface area contributed by atoms with Crippen LogP contribution in [0.3, 0.4) is 0 Å². The Morgan fingerprint density at radius 1 is 1.54 bits per heavy atom. The highest BCUT2D eigenvalue weighted by molar-refractivity contribution is 5.00. The van der Waals surface area contributed by atoms with Crippen LogP contribution in [0.4, 0.5) is 13.2 Å². The summed E-state index contributed by atoms with van der Waals surface area (Å²) in [5.41, 5.74) is 3.00. The molecule has 1 rings (SSSR count). The highest BCUT2D eigenvalue weighted by Gasteiger charge is 2.58. The summed E-state index contributed by atoms with van der Waals surface area (Å²) in [5.74, 6) is 0. The van der Waals surface area contributed by atoms with Gasteiger partial charge in [0, 0.05) is 20.1 Å². The Hall–Kier alpha value is -0.330. The first-order valence-electron chi connectivity index (χ1n) is 3.88. The summed E-state index contributed by atoms with van der Waals surface area (Å²) in [4.78, 5) is 0. The summed E-state index contributed by atoms with van der Waals surface area (Å²) in [7, 11) is 1.20. The fourth-order valence-electron chi connectivity index (χ4n) is 1.34. The van der Waals surface area contributed by atoms with Gasteiger partial charge in [0.25, 0.3) is 0 Å². The Bertz CT molecular complexity index is 185. The SMILES string of the molecule is COC1COCCC1(N)C(F)(F)F. The van der Waals surface area contributed by atoms with Crippen molar-refractivity contribution in [1.82, 2.24) is 0 Å². The molecule has 1 aliphatic rings. The van der Waals surface area contributed by atoms with E-state index < -0.39 is 17.8 Å². The van der Waals surface area contributed by atoms with Crippen LogP contribution < -0.4 is 5.73 Å². The number of methoxy groups -OCH3 is 1. The van der Waals surface area contributed by atoms with Gasteiger partial charge in [0.05, 0.1) is 6.61 Å². The van der Waals surface area contributed by atoms with Crippen molar-refractivity contribution in [3.8, 4) is 0 Å². The van der Waals surface area contributed by atoms with Gasteiger partial charge in [0.15, 0.2) is 0 Å². The quantitative estimate of drug-likeness (QED) is 0.675. The number of rotatable bonds is 1. The van der Waals surface area contributed by atoms with Gasteiger partial charge in [-0.15, -0.1) is 0 Å². The van der Waals surface area contributed by atoms with Crippen LogP contribution in [0.1, 0.15) is 6.42 Å². The maximum atomic E-state index is 12.5. The van der Waals surface area contributed by atoms with E-state index in [0.717, 1.165) is 0 Å². The summed E-state index contributed by atoms with van der Waals surface area (Å²) >= 11 is 0. The molecule has 6 heteroatoms. The molecular formula is C7H12F3NO2. The monoisotopic (exact) mass is 199 g/mol. The molecule has 0 aromatic rings. The Labute approximate surface area is 74.0 Å². The maximum absolute atomic E-state index is 12.5. The molecule has 1 saturated heterocycles. The molecular weight excluding hydrogens is 187 g/mol. The third kappa shape index (κ3) is 1.79. The normalized spacial score (nSPS) is 36.2. The van der Waals surface area contributed by atoms with Crippen molar-refractivity contribution in [2.45, 2.75) is 24.2 Å². The molecule has 0 aromatic carbocycles. The highest BCUT2D eigenvalue weighted by Crippen LogP contribution is 2.36. The molecule has 0 radical (unpaired) electrons. The molecule has 13 heavy (non-hydrogen) atoms. The molecule has 2 atom stereocenters. The fourth-order valence-corrected chi connectivity index (χ4v) is 1.34. The molecule has 0 saturated carbocycles. The predicted octanol–water partition coefficient (Wildman–Crippen LogP) is 0.681. The minimum atomic E-state index is -4.45. The number of ether oxygens (including phenoxy) is 2. The zero-order valence-corrected chi connectivity index (χ0v) is 7.23. The Balaban J connectivity index is 2.83. The van der Waals surface area contributed by atoms with Gasteiger partial charge in [0.1, 0.15) is 11.6 Å². The summed E-state index contributed by atoms with van der Waals surface area (Å²) in [6.45, 7) is -0.0810. The third-order valence-corrected chi connectivity index (χ3v) is 2.32. The standard InChI is InChI=1S/C7H12F3NO2/c1-12-5-4-13-3-2-6(5,11)7(8,9)10/h5H,2-4,11H2,1H3. The van der Waals surface area contributed by atoms with Crippen molar-refractivity contribution in [3.05, 3.63) is 0 Å². The van der Waals surface area contributed by atoms with E-state index >= 15 is 0 Å². The van der Waals surface area contributed by atoms with E-state index in [4.69, 9.17) is 10.5 Å². The third-order valence-electron chi connectivity index (χ3n) is 2.32. The molecule has 0 aromatic heterocycles. The first-order chi connectivity index (χ1) is 5.92. The van der Waals surface area contributed by atoms with Gasteiger partial charge < -0.3 is 15.2 Å². The van der Waals surface area contributed by atoms with Crippen molar-refractivity contribution in [2.24, 2.45) is 5.73 Å². The zero-order valence-electron chi connectivity index (χ0n) is 7.23. The number of hydrogen-bond acceptors (Lipinski definition) is 3. The van der Waals surface area contributed by atoms with Crippen molar-refractivity contribution in [2.75, 3.05) is 20.3 Å². The molecule has 1 aliphatic heterocycles. The average Bonchev–Trinajstić information content (AvgIpc) is 2.03. The van der Waals surface area contributed by atoms with Gasteiger partial charge in [-0.25, -0.2) is 0 Å². The van der Waals surface area contributed by atoms with Crippen molar-refractivity contribution < 1.29 is 22.6 Å². The molecule has 1 fully saturated rings. The molecule has 0 bridgehead atoms. The first-order valence-corrected chi connectivity index (χ1v) is 3.88. The maximum Gasteiger partial charge on any atom is 0.409 e. The lowest BCUT2D eigenvalue weighted by molar-refractivity contribution is -0.241. The second-order valence-electron chi connectivity index (χ2n) is 3.09. The van der Waals surface area contributed by atoms with Crippen molar-refractivity contribution in [1.29, 1.82) is 0 Å². The van der Waals surface area contributed by atoms with E-state index in [1.165, 1.54) is 7.11 Å². The van der Waals surface area contributed by atoms with Crippen LogP contribution in [0.2, 0.25) is 0 Å². The van der Waals surface area contributed by atoms with E-state index in [2.05, 4.69) is 4.74 Å². The van der Waals surface area contributed by atoms with E-state index in [1.54, 1.807) is 0 Å². The Morgan fingerprint density at radius 2 is 2.15 bits per heavy atom. The largest absolute Gasteiger partial charge is 0.409 e. The van der Waals surface area contributed by atoms with Crippen molar-refractivity contribution >= 4 is 0 Å². The molecule has 2 N–H and O–H groups in total. The lowest BCUT2D eigenvalue weighted by Gasteiger charge is -2.40.